The van der Waals surface area contributed by atoms with Gasteiger partial charge in [-0.15, -0.1) is 11.3 Å². The second kappa shape index (κ2) is 7.26. The van der Waals surface area contributed by atoms with Crippen LogP contribution < -0.4 is 9.47 Å². The number of aromatic nitrogens is 1. The van der Waals surface area contributed by atoms with E-state index < -0.39 is 5.97 Å². The van der Waals surface area contributed by atoms with Crippen molar-refractivity contribution in [2.24, 2.45) is 0 Å². The van der Waals surface area contributed by atoms with E-state index in [4.69, 9.17) is 14.6 Å². The van der Waals surface area contributed by atoms with E-state index in [0.717, 1.165) is 16.8 Å². The lowest BCUT2D eigenvalue weighted by Gasteiger charge is -2.14. The van der Waals surface area contributed by atoms with Crippen LogP contribution in [0.5, 0.6) is 11.5 Å². The number of carbonyl (C=O) groups is 1. The quantitative estimate of drug-likeness (QED) is 0.844. The number of benzene rings is 1. The zero-order chi connectivity index (χ0) is 16.1. The minimum Gasteiger partial charge on any atom is -0.490 e. The average Bonchev–Trinajstić information content (AvgIpc) is 2.89. The van der Waals surface area contributed by atoms with Gasteiger partial charge in [-0.2, -0.15) is 0 Å². The van der Waals surface area contributed by atoms with Crippen molar-refractivity contribution in [3.05, 3.63) is 28.1 Å². The number of hydrogen-bond donors (Lipinski definition) is 1. The largest absolute Gasteiger partial charge is 0.490 e. The van der Waals surface area contributed by atoms with E-state index >= 15 is 0 Å². The first-order valence-corrected chi connectivity index (χ1v) is 7.99. The lowest BCUT2D eigenvalue weighted by Crippen LogP contribution is -2.00. The Morgan fingerprint density at radius 2 is 1.86 bits per heavy atom. The van der Waals surface area contributed by atoms with Gasteiger partial charge in [-0.1, -0.05) is 0 Å². The summed E-state index contributed by atoms with van der Waals surface area (Å²) in [4.78, 5) is 15.2. The van der Waals surface area contributed by atoms with Crippen LogP contribution >= 0.6 is 11.3 Å². The molecule has 1 aromatic heterocycles. The summed E-state index contributed by atoms with van der Waals surface area (Å²) in [7, 11) is 0. The van der Waals surface area contributed by atoms with Gasteiger partial charge in [-0.25, -0.2) is 4.98 Å². The first-order chi connectivity index (χ1) is 10.5. The lowest BCUT2D eigenvalue weighted by atomic mass is 10.1. The second-order valence-corrected chi connectivity index (χ2v) is 5.62. The SMILES string of the molecule is CCOc1cc(C)c(-c2csc(CC(=O)O)n2)cc1OCC. The molecule has 0 saturated heterocycles. The molecule has 0 fully saturated rings. The molecule has 0 aliphatic heterocycles. The standard InChI is InChI=1S/C16H19NO4S/c1-4-20-13-6-10(3)11(7-14(13)21-5-2)12-9-22-15(17-12)8-16(18)19/h6-7,9H,4-5,8H2,1-3H3,(H,18,19). The summed E-state index contributed by atoms with van der Waals surface area (Å²) in [5, 5.41) is 11.3. The van der Waals surface area contributed by atoms with E-state index in [1.165, 1.54) is 11.3 Å². The van der Waals surface area contributed by atoms with Crippen LogP contribution in [0, 0.1) is 6.92 Å². The first-order valence-electron chi connectivity index (χ1n) is 7.12. The minimum absolute atomic E-state index is 0.0565. The third-order valence-electron chi connectivity index (χ3n) is 3.02. The molecule has 0 bridgehead atoms. The highest BCUT2D eigenvalue weighted by atomic mass is 32.1. The van der Waals surface area contributed by atoms with Gasteiger partial charge in [0.1, 0.15) is 5.01 Å². The van der Waals surface area contributed by atoms with Crippen molar-refractivity contribution < 1.29 is 19.4 Å². The molecule has 118 valence electrons. The summed E-state index contributed by atoms with van der Waals surface area (Å²) in [5.74, 6) is 0.517. The van der Waals surface area contributed by atoms with Crippen LogP contribution in [0.1, 0.15) is 24.4 Å². The summed E-state index contributed by atoms with van der Waals surface area (Å²) in [6, 6.07) is 3.84. The van der Waals surface area contributed by atoms with Crippen molar-refractivity contribution in [2.45, 2.75) is 27.2 Å². The molecule has 0 saturated carbocycles. The molecule has 0 atom stereocenters. The number of ether oxygens (including phenoxy) is 2. The fourth-order valence-corrected chi connectivity index (χ4v) is 2.90. The van der Waals surface area contributed by atoms with E-state index in [2.05, 4.69) is 4.98 Å². The summed E-state index contributed by atoms with van der Waals surface area (Å²) in [6.45, 7) is 6.94. The van der Waals surface area contributed by atoms with Crippen molar-refractivity contribution in [1.82, 2.24) is 4.98 Å². The van der Waals surface area contributed by atoms with Gasteiger partial charge in [0.05, 0.1) is 25.3 Å². The third-order valence-corrected chi connectivity index (χ3v) is 3.87. The van der Waals surface area contributed by atoms with Crippen molar-refractivity contribution in [2.75, 3.05) is 13.2 Å². The molecule has 1 N–H and O–H groups in total. The predicted molar refractivity (Wildman–Crippen MR) is 86.0 cm³/mol. The lowest BCUT2D eigenvalue weighted by molar-refractivity contribution is -0.136. The Hall–Kier alpha value is -2.08. The fraction of sp³-hybridized carbons (Fsp3) is 0.375. The Bertz CT molecular complexity index is 666. The molecule has 22 heavy (non-hydrogen) atoms. The zero-order valence-corrected chi connectivity index (χ0v) is 13.7. The van der Waals surface area contributed by atoms with E-state index in [1.807, 2.05) is 38.3 Å². The maximum atomic E-state index is 10.8. The molecule has 0 radical (unpaired) electrons. The molecular formula is C16H19NO4S. The Morgan fingerprint density at radius 1 is 1.23 bits per heavy atom. The molecular weight excluding hydrogens is 302 g/mol. The molecule has 6 heteroatoms. The van der Waals surface area contributed by atoms with Crippen LogP contribution in [0.3, 0.4) is 0 Å². The number of carboxylic acid groups (broad SMARTS) is 1. The zero-order valence-electron chi connectivity index (χ0n) is 12.9. The minimum atomic E-state index is -0.876. The van der Waals surface area contributed by atoms with Crippen molar-refractivity contribution in [3.63, 3.8) is 0 Å². The highest BCUT2D eigenvalue weighted by molar-refractivity contribution is 7.10. The van der Waals surface area contributed by atoms with Gasteiger partial charge in [-0.3, -0.25) is 4.79 Å². The highest BCUT2D eigenvalue weighted by Crippen LogP contribution is 2.36. The first kappa shape index (κ1) is 16.3. The molecule has 0 aliphatic carbocycles. The van der Waals surface area contributed by atoms with E-state index in [1.54, 1.807) is 0 Å². The molecule has 2 aromatic rings. The van der Waals surface area contributed by atoms with E-state index in [-0.39, 0.29) is 6.42 Å². The van der Waals surface area contributed by atoms with Crippen LogP contribution in [0.2, 0.25) is 0 Å². The van der Waals surface area contributed by atoms with Gasteiger partial charge < -0.3 is 14.6 Å². The topological polar surface area (TPSA) is 68.7 Å². The Morgan fingerprint density at radius 3 is 2.45 bits per heavy atom. The normalized spacial score (nSPS) is 10.5. The van der Waals surface area contributed by atoms with Crippen LogP contribution in [0.25, 0.3) is 11.3 Å². The monoisotopic (exact) mass is 321 g/mol. The third kappa shape index (κ3) is 3.76. The number of carboxylic acids is 1. The summed E-state index contributed by atoms with van der Waals surface area (Å²) < 4.78 is 11.2. The van der Waals surface area contributed by atoms with Crippen LogP contribution in [0.4, 0.5) is 0 Å². The smallest absolute Gasteiger partial charge is 0.310 e. The van der Waals surface area contributed by atoms with Gasteiger partial charge in [0.25, 0.3) is 0 Å². The number of hydrogen-bond acceptors (Lipinski definition) is 5. The number of thiazole rings is 1. The highest BCUT2D eigenvalue weighted by Gasteiger charge is 2.14. The van der Waals surface area contributed by atoms with Crippen molar-refractivity contribution in [1.29, 1.82) is 0 Å². The molecule has 0 amide bonds. The predicted octanol–water partition coefficient (Wildman–Crippen LogP) is 3.54. The molecule has 1 heterocycles. The summed E-state index contributed by atoms with van der Waals surface area (Å²) >= 11 is 1.35. The molecule has 2 rings (SSSR count). The maximum Gasteiger partial charge on any atom is 0.310 e. The summed E-state index contributed by atoms with van der Waals surface area (Å²) in [5.41, 5.74) is 2.71. The maximum absolute atomic E-state index is 10.8. The fourth-order valence-electron chi connectivity index (χ4n) is 2.12. The number of aliphatic carboxylic acids is 1. The molecule has 5 nitrogen and oxygen atoms in total. The molecule has 0 spiro atoms. The number of rotatable bonds is 7. The van der Waals surface area contributed by atoms with Crippen molar-refractivity contribution in [3.8, 4) is 22.8 Å². The van der Waals surface area contributed by atoms with Gasteiger partial charge in [0.2, 0.25) is 0 Å². The summed E-state index contributed by atoms with van der Waals surface area (Å²) in [6.07, 6.45) is -0.0565. The van der Waals surface area contributed by atoms with Crippen LogP contribution in [0.15, 0.2) is 17.5 Å². The Labute approximate surface area is 133 Å². The Balaban J connectivity index is 2.39. The van der Waals surface area contributed by atoms with Gasteiger partial charge in [0.15, 0.2) is 11.5 Å². The Kier molecular flexibility index (Phi) is 5.38. The van der Waals surface area contributed by atoms with Crippen LogP contribution in [-0.2, 0) is 11.2 Å². The number of aryl methyl sites for hydroxylation is 1. The van der Waals surface area contributed by atoms with Gasteiger partial charge in [0, 0.05) is 10.9 Å². The van der Waals surface area contributed by atoms with E-state index in [0.29, 0.717) is 29.7 Å². The van der Waals surface area contributed by atoms with Crippen LogP contribution in [-0.4, -0.2) is 29.3 Å². The van der Waals surface area contributed by atoms with Crippen molar-refractivity contribution >= 4 is 17.3 Å². The van der Waals surface area contributed by atoms with Gasteiger partial charge >= 0.3 is 5.97 Å². The van der Waals surface area contributed by atoms with Gasteiger partial charge in [-0.05, 0) is 38.5 Å². The molecule has 0 unspecified atom stereocenters. The van der Waals surface area contributed by atoms with E-state index in [9.17, 15) is 4.79 Å². The molecule has 1 aromatic carbocycles. The molecule has 0 aliphatic rings. The average molecular weight is 321 g/mol. The number of nitrogens with zero attached hydrogens (tertiary/aromatic N) is 1. The second-order valence-electron chi connectivity index (χ2n) is 4.68.